The molecule has 1 unspecified atom stereocenters. The topological polar surface area (TPSA) is 32.3 Å². The van der Waals surface area contributed by atoms with Crippen molar-refractivity contribution in [2.24, 2.45) is 5.92 Å². The monoisotopic (exact) mass is 316 g/mol. The number of benzene rings is 1. The maximum Gasteiger partial charge on any atom is 0.265 e. The third-order valence-electron chi connectivity index (χ3n) is 4.40. The van der Waals surface area contributed by atoms with E-state index in [1.807, 2.05) is 5.01 Å². The number of amides is 1. The van der Waals surface area contributed by atoms with Crippen LogP contribution in [0.5, 0.6) is 0 Å². The zero-order valence-electron chi connectivity index (χ0n) is 12.6. The highest BCUT2D eigenvalue weighted by molar-refractivity contribution is 6.30. The lowest BCUT2D eigenvalue weighted by molar-refractivity contribution is 0.0799. The fourth-order valence-electron chi connectivity index (χ4n) is 3.10. The minimum atomic E-state index is -0.0749. The van der Waals surface area contributed by atoms with E-state index in [1.54, 1.807) is 29.8 Å². The largest absolute Gasteiger partial charge is 0.284 e. The molecule has 3 nitrogen and oxygen atoms in total. The van der Waals surface area contributed by atoms with Gasteiger partial charge in [0, 0.05) is 23.7 Å². The molecule has 4 heteroatoms. The van der Waals surface area contributed by atoms with Crippen LogP contribution in [0, 0.1) is 5.92 Å². The van der Waals surface area contributed by atoms with E-state index in [0.29, 0.717) is 16.5 Å². The minimum absolute atomic E-state index is 0.0749. The highest BCUT2D eigenvalue weighted by atomic mass is 35.5. The molecule has 116 valence electrons. The fraction of sp³-hybridized carbons (Fsp3) is 0.389. The molecule has 2 aliphatic rings. The molecule has 1 aromatic rings. The maximum absolute atomic E-state index is 12.2. The van der Waals surface area contributed by atoms with Gasteiger partial charge in [-0.2, -0.15) is 0 Å². The predicted octanol–water partition coefficient (Wildman–Crippen LogP) is 3.97. The number of nitrogens with zero attached hydrogens (tertiary/aromatic N) is 1. The number of allylic oxidation sites excluding steroid dienone is 2. The molecule has 22 heavy (non-hydrogen) atoms. The molecule has 1 heterocycles. The molecular formula is C18H21ClN2O. The van der Waals surface area contributed by atoms with Gasteiger partial charge in [0.1, 0.15) is 0 Å². The van der Waals surface area contributed by atoms with Crippen molar-refractivity contribution in [3.05, 3.63) is 58.7 Å². The second-order valence-corrected chi connectivity index (χ2v) is 6.34. The van der Waals surface area contributed by atoms with Crippen LogP contribution in [0.1, 0.15) is 36.0 Å². The zero-order chi connectivity index (χ0) is 15.4. The van der Waals surface area contributed by atoms with E-state index < -0.39 is 0 Å². The van der Waals surface area contributed by atoms with Gasteiger partial charge in [-0.1, -0.05) is 35.4 Å². The van der Waals surface area contributed by atoms with Crippen LogP contribution in [0.4, 0.5) is 0 Å². The summed E-state index contributed by atoms with van der Waals surface area (Å²) in [4.78, 5) is 12.2. The van der Waals surface area contributed by atoms with Crippen molar-refractivity contribution in [1.82, 2.24) is 10.4 Å². The highest BCUT2D eigenvalue weighted by Crippen LogP contribution is 2.29. The standard InChI is InChI=1S/C18H21ClN2O/c19-17-8-6-16(7-9-17)18(22)20-21-12-10-15(11-13-21)14-4-2-1-3-5-14/h1-2,6-10,14H,3-5,11-13H2,(H,20,22). The van der Waals surface area contributed by atoms with Crippen LogP contribution < -0.4 is 5.43 Å². The molecule has 0 saturated heterocycles. The Bertz CT molecular complexity index is 592. The van der Waals surface area contributed by atoms with Crippen molar-refractivity contribution in [1.29, 1.82) is 0 Å². The van der Waals surface area contributed by atoms with Gasteiger partial charge < -0.3 is 0 Å². The molecule has 1 amide bonds. The number of halogens is 1. The molecule has 0 spiro atoms. The molecule has 0 radical (unpaired) electrons. The first-order valence-corrected chi connectivity index (χ1v) is 8.25. The molecule has 1 aliphatic carbocycles. The van der Waals surface area contributed by atoms with Crippen LogP contribution in [0.3, 0.4) is 0 Å². The zero-order valence-corrected chi connectivity index (χ0v) is 13.4. The van der Waals surface area contributed by atoms with E-state index in [0.717, 1.165) is 19.5 Å². The number of hydrogen-bond donors (Lipinski definition) is 1. The van der Waals surface area contributed by atoms with E-state index in [9.17, 15) is 4.79 Å². The van der Waals surface area contributed by atoms with Gasteiger partial charge in [-0.25, -0.2) is 5.01 Å². The SMILES string of the molecule is O=C(NN1CC=C(C2CC=CCC2)CC1)c1ccc(Cl)cc1. The Morgan fingerprint density at radius 3 is 2.68 bits per heavy atom. The van der Waals surface area contributed by atoms with Gasteiger partial charge in [0.2, 0.25) is 0 Å². The second kappa shape index (κ2) is 7.12. The number of carbonyl (C=O) groups is 1. The molecular weight excluding hydrogens is 296 g/mol. The number of nitrogens with one attached hydrogen (secondary N) is 1. The van der Waals surface area contributed by atoms with Crippen molar-refractivity contribution >= 4 is 17.5 Å². The number of hydrazine groups is 1. The molecule has 0 bridgehead atoms. The molecule has 1 aliphatic heterocycles. The first kappa shape index (κ1) is 15.3. The number of rotatable bonds is 3. The predicted molar refractivity (Wildman–Crippen MR) is 89.7 cm³/mol. The summed E-state index contributed by atoms with van der Waals surface area (Å²) in [7, 11) is 0. The third kappa shape index (κ3) is 3.79. The normalized spacial score (nSPS) is 22.2. The molecule has 0 saturated carbocycles. The van der Waals surface area contributed by atoms with Crippen LogP contribution in [0.25, 0.3) is 0 Å². The van der Waals surface area contributed by atoms with E-state index >= 15 is 0 Å². The van der Waals surface area contributed by atoms with E-state index in [4.69, 9.17) is 11.6 Å². The Hall–Kier alpha value is -1.58. The van der Waals surface area contributed by atoms with Crippen molar-refractivity contribution in [2.75, 3.05) is 13.1 Å². The van der Waals surface area contributed by atoms with Crippen LogP contribution >= 0.6 is 11.6 Å². The second-order valence-electron chi connectivity index (χ2n) is 5.90. The summed E-state index contributed by atoms with van der Waals surface area (Å²) in [5.41, 5.74) is 5.16. The molecule has 1 N–H and O–H groups in total. The fourth-order valence-corrected chi connectivity index (χ4v) is 3.22. The van der Waals surface area contributed by atoms with Crippen LogP contribution in [0.15, 0.2) is 48.1 Å². The average Bonchev–Trinajstić information content (AvgIpc) is 2.57. The van der Waals surface area contributed by atoms with Gasteiger partial charge in [0.25, 0.3) is 5.91 Å². The van der Waals surface area contributed by atoms with Crippen molar-refractivity contribution in [2.45, 2.75) is 25.7 Å². The summed E-state index contributed by atoms with van der Waals surface area (Å²) < 4.78 is 0. The number of hydrogen-bond acceptors (Lipinski definition) is 2. The first-order chi connectivity index (χ1) is 10.7. The molecule has 0 aromatic heterocycles. The van der Waals surface area contributed by atoms with Gasteiger partial charge in [0.15, 0.2) is 0 Å². The lowest BCUT2D eigenvalue weighted by Gasteiger charge is -2.30. The lowest BCUT2D eigenvalue weighted by atomic mass is 9.85. The summed E-state index contributed by atoms with van der Waals surface area (Å²) in [6.07, 6.45) is 11.5. The van der Waals surface area contributed by atoms with Crippen LogP contribution in [0.2, 0.25) is 5.02 Å². The van der Waals surface area contributed by atoms with Gasteiger partial charge in [-0.3, -0.25) is 10.2 Å². The lowest BCUT2D eigenvalue weighted by Crippen LogP contribution is -2.44. The molecule has 1 atom stereocenters. The molecule has 0 fully saturated rings. The quantitative estimate of drug-likeness (QED) is 0.856. The third-order valence-corrected chi connectivity index (χ3v) is 4.66. The summed E-state index contributed by atoms with van der Waals surface area (Å²) in [6, 6.07) is 6.97. The van der Waals surface area contributed by atoms with Crippen molar-refractivity contribution in [3.8, 4) is 0 Å². The van der Waals surface area contributed by atoms with Crippen LogP contribution in [-0.4, -0.2) is 24.0 Å². The Kier molecular flexibility index (Phi) is 4.96. The summed E-state index contributed by atoms with van der Waals surface area (Å²) in [5.74, 6) is 0.633. The van der Waals surface area contributed by atoms with E-state index in [1.165, 1.54) is 19.3 Å². The Labute approximate surface area is 136 Å². The Morgan fingerprint density at radius 1 is 1.23 bits per heavy atom. The maximum atomic E-state index is 12.2. The highest BCUT2D eigenvalue weighted by Gasteiger charge is 2.20. The Balaban J connectivity index is 1.55. The van der Waals surface area contributed by atoms with E-state index in [-0.39, 0.29) is 5.91 Å². The smallest absolute Gasteiger partial charge is 0.265 e. The van der Waals surface area contributed by atoms with Gasteiger partial charge >= 0.3 is 0 Å². The van der Waals surface area contributed by atoms with Crippen molar-refractivity contribution < 1.29 is 4.79 Å². The first-order valence-electron chi connectivity index (χ1n) is 7.88. The van der Waals surface area contributed by atoms with Crippen LogP contribution in [-0.2, 0) is 0 Å². The average molecular weight is 317 g/mol. The van der Waals surface area contributed by atoms with Gasteiger partial charge in [0.05, 0.1) is 0 Å². The van der Waals surface area contributed by atoms with Gasteiger partial charge in [-0.05, 0) is 55.9 Å². The summed E-state index contributed by atoms with van der Waals surface area (Å²) in [6.45, 7) is 1.67. The molecule has 1 aromatic carbocycles. The van der Waals surface area contributed by atoms with Crippen molar-refractivity contribution in [3.63, 3.8) is 0 Å². The van der Waals surface area contributed by atoms with E-state index in [2.05, 4.69) is 23.7 Å². The number of carbonyl (C=O) groups excluding carboxylic acids is 1. The Morgan fingerprint density at radius 2 is 2.05 bits per heavy atom. The summed E-state index contributed by atoms with van der Waals surface area (Å²) in [5, 5.41) is 2.63. The molecule has 3 rings (SSSR count). The summed E-state index contributed by atoms with van der Waals surface area (Å²) >= 11 is 5.84. The minimum Gasteiger partial charge on any atom is -0.284 e. The van der Waals surface area contributed by atoms with Gasteiger partial charge in [-0.15, -0.1) is 0 Å².